The summed E-state index contributed by atoms with van der Waals surface area (Å²) < 4.78 is 36.1. The van der Waals surface area contributed by atoms with Crippen LogP contribution in [0.4, 0.5) is 5.69 Å². The van der Waals surface area contributed by atoms with E-state index < -0.39 is 20.7 Å². The number of hydrogen-bond donors (Lipinski definition) is 1. The number of methoxy groups -OCH3 is 1. The zero-order valence-electron chi connectivity index (χ0n) is 14.5. The minimum absolute atomic E-state index is 0.00863. The van der Waals surface area contributed by atoms with Crippen LogP contribution in [0.2, 0.25) is 10.0 Å². The second kappa shape index (κ2) is 9.12. The molecule has 0 aliphatic carbocycles. The smallest absolute Gasteiger partial charge is 0.351 e. The van der Waals surface area contributed by atoms with Crippen molar-refractivity contribution < 1.29 is 22.7 Å². The second-order valence-corrected chi connectivity index (χ2v) is 7.88. The first kappa shape index (κ1) is 21.1. The molecule has 0 radical (unpaired) electrons. The Morgan fingerprint density at radius 3 is 2.52 bits per heavy atom. The zero-order chi connectivity index (χ0) is 20.0. The average molecular weight is 430 g/mol. The molecule has 0 bridgehead atoms. The van der Waals surface area contributed by atoms with E-state index in [0.717, 1.165) is 6.20 Å². The summed E-state index contributed by atoms with van der Waals surface area (Å²) in [5.41, 5.74) is 0.471. The van der Waals surface area contributed by atoms with Crippen molar-refractivity contribution in [3.05, 3.63) is 63.6 Å². The van der Waals surface area contributed by atoms with E-state index in [1.807, 2.05) is 0 Å². The van der Waals surface area contributed by atoms with E-state index in [-0.39, 0.29) is 21.5 Å². The van der Waals surface area contributed by atoms with Crippen molar-refractivity contribution in [3.8, 4) is 5.75 Å². The molecule has 2 aromatic carbocycles. The molecular formula is C18H17Cl2NO5S. The molecule has 0 aliphatic heterocycles. The molecule has 2 aromatic rings. The maximum absolute atomic E-state index is 13.0. The lowest BCUT2D eigenvalue weighted by Gasteiger charge is -2.12. The Morgan fingerprint density at radius 2 is 1.89 bits per heavy atom. The van der Waals surface area contributed by atoms with Crippen LogP contribution in [-0.2, 0) is 19.4 Å². The number of nitrogens with one attached hydrogen (secondary N) is 1. The SMILES string of the molecule is CCOC(=O)/C(=C\Nc1ccccc1OC)S(=O)(=O)c1ccc(Cl)cc1Cl. The van der Waals surface area contributed by atoms with Gasteiger partial charge in [0.05, 0.1) is 29.3 Å². The number of sulfone groups is 1. The van der Waals surface area contributed by atoms with Gasteiger partial charge in [0.1, 0.15) is 5.75 Å². The topological polar surface area (TPSA) is 81.7 Å². The zero-order valence-corrected chi connectivity index (χ0v) is 16.9. The standard InChI is InChI=1S/C18H17Cl2NO5S/c1-3-26-18(22)17(11-21-14-6-4-5-7-15(14)25-2)27(23,24)16-9-8-12(19)10-13(16)20/h4-11,21H,3H2,1-2H3/b17-11+. The third kappa shape index (κ3) is 4.94. The Morgan fingerprint density at radius 1 is 1.19 bits per heavy atom. The highest BCUT2D eigenvalue weighted by molar-refractivity contribution is 7.96. The van der Waals surface area contributed by atoms with E-state index in [2.05, 4.69) is 5.32 Å². The van der Waals surface area contributed by atoms with E-state index in [4.69, 9.17) is 32.7 Å². The summed E-state index contributed by atoms with van der Waals surface area (Å²) in [5, 5.41) is 2.94. The van der Waals surface area contributed by atoms with Gasteiger partial charge in [0.25, 0.3) is 0 Å². The molecule has 0 aromatic heterocycles. The van der Waals surface area contributed by atoms with Crippen LogP contribution in [0.5, 0.6) is 5.75 Å². The Balaban J connectivity index is 2.52. The van der Waals surface area contributed by atoms with Crippen LogP contribution < -0.4 is 10.1 Å². The first-order valence-electron chi connectivity index (χ1n) is 7.78. The van der Waals surface area contributed by atoms with Crippen LogP contribution in [0.1, 0.15) is 6.92 Å². The summed E-state index contributed by atoms with van der Waals surface area (Å²) in [5.74, 6) is -0.537. The minimum Gasteiger partial charge on any atom is -0.495 e. The van der Waals surface area contributed by atoms with Crippen LogP contribution in [0.3, 0.4) is 0 Å². The predicted octanol–water partition coefficient (Wildman–Crippen LogP) is 4.29. The number of rotatable bonds is 7. The van der Waals surface area contributed by atoms with Gasteiger partial charge in [-0.25, -0.2) is 13.2 Å². The maximum Gasteiger partial charge on any atom is 0.351 e. The van der Waals surface area contributed by atoms with Gasteiger partial charge in [0, 0.05) is 11.2 Å². The van der Waals surface area contributed by atoms with Crippen LogP contribution in [0, 0.1) is 0 Å². The molecule has 0 spiro atoms. The highest BCUT2D eigenvalue weighted by atomic mass is 35.5. The highest BCUT2D eigenvalue weighted by Gasteiger charge is 2.30. The Bertz CT molecular complexity index is 973. The quantitative estimate of drug-likeness (QED) is 0.521. The number of esters is 1. The van der Waals surface area contributed by atoms with Crippen molar-refractivity contribution in [1.29, 1.82) is 0 Å². The number of hydrogen-bond acceptors (Lipinski definition) is 6. The molecule has 0 saturated heterocycles. The molecule has 0 saturated carbocycles. The van der Waals surface area contributed by atoms with Crippen molar-refractivity contribution in [1.82, 2.24) is 0 Å². The first-order valence-corrected chi connectivity index (χ1v) is 10.0. The largest absolute Gasteiger partial charge is 0.495 e. The number of halogens is 2. The summed E-state index contributed by atoms with van der Waals surface area (Å²) in [7, 11) is -2.79. The van der Waals surface area contributed by atoms with Gasteiger partial charge in [-0.1, -0.05) is 35.3 Å². The van der Waals surface area contributed by atoms with Gasteiger partial charge in [-0.15, -0.1) is 0 Å². The average Bonchev–Trinajstić information content (AvgIpc) is 2.62. The van der Waals surface area contributed by atoms with Crippen molar-refractivity contribution in [2.45, 2.75) is 11.8 Å². The van der Waals surface area contributed by atoms with Gasteiger partial charge in [0.2, 0.25) is 9.84 Å². The lowest BCUT2D eigenvalue weighted by Crippen LogP contribution is -2.18. The van der Waals surface area contributed by atoms with Crippen molar-refractivity contribution >= 4 is 44.7 Å². The number of carbonyl (C=O) groups excluding carboxylic acids is 1. The Kier molecular flexibility index (Phi) is 7.12. The molecule has 0 atom stereocenters. The molecule has 0 fully saturated rings. The molecule has 2 rings (SSSR count). The molecule has 0 unspecified atom stereocenters. The molecule has 9 heteroatoms. The first-order chi connectivity index (χ1) is 12.8. The Labute approximate surface area is 167 Å². The lowest BCUT2D eigenvalue weighted by molar-refractivity contribution is -0.137. The molecule has 0 amide bonds. The normalized spacial score (nSPS) is 11.8. The number of ether oxygens (including phenoxy) is 2. The van der Waals surface area contributed by atoms with Gasteiger partial charge < -0.3 is 14.8 Å². The third-order valence-corrected chi connectivity index (χ3v) is 5.87. The van der Waals surface area contributed by atoms with E-state index in [1.54, 1.807) is 31.2 Å². The minimum atomic E-state index is -4.27. The number of carbonyl (C=O) groups is 1. The van der Waals surface area contributed by atoms with E-state index in [0.29, 0.717) is 11.4 Å². The van der Waals surface area contributed by atoms with Gasteiger partial charge in [0.15, 0.2) is 4.91 Å². The van der Waals surface area contributed by atoms with E-state index >= 15 is 0 Å². The van der Waals surface area contributed by atoms with Crippen LogP contribution in [0.25, 0.3) is 0 Å². The van der Waals surface area contributed by atoms with Gasteiger partial charge >= 0.3 is 5.97 Å². The molecule has 1 N–H and O–H groups in total. The fourth-order valence-corrected chi connectivity index (χ4v) is 4.17. The van der Waals surface area contributed by atoms with Gasteiger partial charge in [-0.2, -0.15) is 0 Å². The fraction of sp³-hybridized carbons (Fsp3) is 0.167. The molecular weight excluding hydrogens is 413 g/mol. The van der Waals surface area contributed by atoms with Crippen molar-refractivity contribution in [2.75, 3.05) is 19.0 Å². The second-order valence-electron chi connectivity index (χ2n) is 5.15. The van der Waals surface area contributed by atoms with Crippen LogP contribution >= 0.6 is 23.2 Å². The molecule has 0 heterocycles. The molecule has 0 aliphatic rings. The molecule has 144 valence electrons. The number of benzene rings is 2. The summed E-state index contributed by atoms with van der Waals surface area (Å²) in [4.78, 5) is 11.5. The molecule has 6 nitrogen and oxygen atoms in total. The van der Waals surface area contributed by atoms with E-state index in [9.17, 15) is 13.2 Å². The highest BCUT2D eigenvalue weighted by Crippen LogP contribution is 2.30. The monoisotopic (exact) mass is 429 g/mol. The lowest BCUT2D eigenvalue weighted by atomic mass is 10.3. The summed E-state index contributed by atoms with van der Waals surface area (Å²) in [6.07, 6.45) is 1.05. The predicted molar refractivity (Wildman–Crippen MR) is 105 cm³/mol. The molecule has 27 heavy (non-hydrogen) atoms. The van der Waals surface area contributed by atoms with Crippen molar-refractivity contribution in [2.24, 2.45) is 0 Å². The summed E-state index contributed by atoms with van der Waals surface area (Å²) in [6, 6.07) is 10.7. The maximum atomic E-state index is 13.0. The fourth-order valence-electron chi connectivity index (χ4n) is 2.17. The van der Waals surface area contributed by atoms with Crippen molar-refractivity contribution in [3.63, 3.8) is 0 Å². The van der Waals surface area contributed by atoms with Gasteiger partial charge in [-0.05, 0) is 37.3 Å². The van der Waals surface area contributed by atoms with Gasteiger partial charge in [-0.3, -0.25) is 0 Å². The number of anilines is 1. The Hall–Kier alpha value is -2.22. The van der Waals surface area contributed by atoms with E-state index in [1.165, 1.54) is 25.3 Å². The van der Waals surface area contributed by atoms with Crippen LogP contribution in [-0.4, -0.2) is 28.1 Å². The summed E-state index contributed by atoms with van der Waals surface area (Å²) >= 11 is 11.8. The number of para-hydroxylation sites is 2. The third-order valence-electron chi connectivity index (χ3n) is 3.42. The van der Waals surface area contributed by atoms with Crippen LogP contribution in [0.15, 0.2) is 58.5 Å². The summed E-state index contributed by atoms with van der Waals surface area (Å²) in [6.45, 7) is 1.58.